The summed E-state index contributed by atoms with van der Waals surface area (Å²) in [6.45, 7) is 6.24. The van der Waals surface area contributed by atoms with Crippen molar-refractivity contribution in [1.82, 2.24) is 5.32 Å². The molecule has 0 spiro atoms. The number of amides is 1. The van der Waals surface area contributed by atoms with Gasteiger partial charge in [-0.2, -0.15) is 0 Å². The van der Waals surface area contributed by atoms with Crippen LogP contribution in [0.25, 0.3) is 0 Å². The highest BCUT2D eigenvalue weighted by atomic mass is 16.3. The molecule has 0 heterocycles. The van der Waals surface area contributed by atoms with Crippen LogP contribution in [0.1, 0.15) is 42.9 Å². The molecule has 0 aromatic heterocycles. The second-order valence-electron chi connectivity index (χ2n) is 6.06. The molecule has 2 rings (SSSR count). The van der Waals surface area contributed by atoms with Crippen molar-refractivity contribution in [3.8, 4) is 0 Å². The van der Waals surface area contributed by atoms with Crippen LogP contribution in [0.5, 0.6) is 0 Å². The highest BCUT2D eigenvalue weighted by Crippen LogP contribution is 2.31. The van der Waals surface area contributed by atoms with Crippen LogP contribution in [0.15, 0.2) is 18.2 Å². The summed E-state index contributed by atoms with van der Waals surface area (Å²) in [5.41, 5.74) is 3.54. The first-order valence-corrected chi connectivity index (χ1v) is 7.53. The van der Waals surface area contributed by atoms with Gasteiger partial charge in [0.2, 0.25) is 5.91 Å². The number of carbonyl (C=O) groups is 1. The zero-order valence-electron chi connectivity index (χ0n) is 12.6. The number of aryl methyl sites for hydroxylation is 2. The van der Waals surface area contributed by atoms with Crippen molar-refractivity contribution in [3.05, 3.63) is 34.9 Å². The van der Waals surface area contributed by atoms with Crippen molar-refractivity contribution in [2.24, 2.45) is 5.92 Å². The summed E-state index contributed by atoms with van der Waals surface area (Å²) in [5.74, 6) is 0.528. The Labute approximate surface area is 121 Å². The fourth-order valence-corrected chi connectivity index (χ4v) is 2.87. The maximum Gasteiger partial charge on any atom is 0.224 e. The molecule has 0 bridgehead atoms. The zero-order valence-corrected chi connectivity index (χ0v) is 12.6. The van der Waals surface area contributed by atoms with Crippen molar-refractivity contribution in [2.75, 3.05) is 0 Å². The second-order valence-corrected chi connectivity index (χ2v) is 6.06. The van der Waals surface area contributed by atoms with Crippen molar-refractivity contribution >= 4 is 5.91 Å². The van der Waals surface area contributed by atoms with Crippen molar-refractivity contribution < 1.29 is 9.90 Å². The van der Waals surface area contributed by atoms with E-state index in [0.717, 1.165) is 24.8 Å². The van der Waals surface area contributed by atoms with Gasteiger partial charge in [0, 0.05) is 6.04 Å². The van der Waals surface area contributed by atoms with Gasteiger partial charge in [-0.05, 0) is 55.7 Å². The molecule has 3 nitrogen and oxygen atoms in total. The van der Waals surface area contributed by atoms with E-state index in [2.05, 4.69) is 38.2 Å². The smallest absolute Gasteiger partial charge is 0.224 e. The molecule has 1 saturated carbocycles. The number of aliphatic hydroxyl groups excluding tert-OH is 1. The number of rotatable bonds is 5. The van der Waals surface area contributed by atoms with Crippen LogP contribution >= 0.6 is 0 Å². The molecule has 3 heteroatoms. The number of hydrogen-bond donors (Lipinski definition) is 2. The molecule has 1 aromatic carbocycles. The highest BCUT2D eigenvalue weighted by Gasteiger charge is 2.33. The number of benzene rings is 1. The van der Waals surface area contributed by atoms with Gasteiger partial charge in [0.25, 0.3) is 0 Å². The van der Waals surface area contributed by atoms with Gasteiger partial charge in [0.05, 0.1) is 12.5 Å². The lowest BCUT2D eigenvalue weighted by Crippen LogP contribution is -2.47. The first-order chi connectivity index (χ1) is 9.49. The minimum absolute atomic E-state index is 0.0847. The topological polar surface area (TPSA) is 49.3 Å². The first-order valence-electron chi connectivity index (χ1n) is 7.53. The minimum atomic E-state index is -0.161. The normalized spacial score (nSPS) is 23.0. The van der Waals surface area contributed by atoms with E-state index in [1.165, 1.54) is 11.1 Å². The Balaban J connectivity index is 1.89. The van der Waals surface area contributed by atoms with E-state index in [0.29, 0.717) is 12.3 Å². The predicted octanol–water partition coefficient (Wildman–Crippen LogP) is 2.51. The summed E-state index contributed by atoms with van der Waals surface area (Å²) in [6, 6.07) is 6.38. The first kappa shape index (κ1) is 15.0. The molecule has 1 aliphatic carbocycles. The molecule has 0 aliphatic heterocycles. The summed E-state index contributed by atoms with van der Waals surface area (Å²) >= 11 is 0. The van der Waals surface area contributed by atoms with Gasteiger partial charge < -0.3 is 10.4 Å². The SMILES string of the molecule is CC[C@H](NC(=O)Cc1ccc(C)c(C)c1)C1CC(O)C1. The monoisotopic (exact) mass is 275 g/mol. The molecule has 20 heavy (non-hydrogen) atoms. The summed E-state index contributed by atoms with van der Waals surface area (Å²) < 4.78 is 0. The van der Waals surface area contributed by atoms with Gasteiger partial charge in [-0.15, -0.1) is 0 Å². The molecule has 1 atom stereocenters. The molecule has 110 valence electrons. The molecule has 1 aliphatic rings. The number of carbonyl (C=O) groups excluding carboxylic acids is 1. The summed E-state index contributed by atoms with van der Waals surface area (Å²) in [5, 5.41) is 12.5. The average Bonchev–Trinajstić information content (AvgIpc) is 2.37. The number of hydrogen-bond acceptors (Lipinski definition) is 2. The molecule has 2 N–H and O–H groups in total. The van der Waals surface area contributed by atoms with E-state index < -0.39 is 0 Å². The van der Waals surface area contributed by atoms with Gasteiger partial charge in [0.15, 0.2) is 0 Å². The van der Waals surface area contributed by atoms with Crippen LogP contribution in [0.3, 0.4) is 0 Å². The third kappa shape index (κ3) is 3.60. The maximum atomic E-state index is 12.1. The third-order valence-electron chi connectivity index (χ3n) is 4.44. The minimum Gasteiger partial charge on any atom is -0.393 e. The Morgan fingerprint density at radius 3 is 2.60 bits per heavy atom. The fourth-order valence-electron chi connectivity index (χ4n) is 2.87. The van der Waals surface area contributed by atoms with Gasteiger partial charge in [-0.3, -0.25) is 4.79 Å². The molecular weight excluding hydrogens is 250 g/mol. The Hall–Kier alpha value is -1.35. The van der Waals surface area contributed by atoms with E-state index in [1.54, 1.807) is 0 Å². The highest BCUT2D eigenvalue weighted by molar-refractivity contribution is 5.79. The van der Waals surface area contributed by atoms with Crippen LogP contribution in [0.4, 0.5) is 0 Å². The lowest BCUT2D eigenvalue weighted by Gasteiger charge is -2.37. The van der Waals surface area contributed by atoms with Gasteiger partial charge in [-0.1, -0.05) is 25.1 Å². The van der Waals surface area contributed by atoms with Gasteiger partial charge >= 0.3 is 0 Å². The van der Waals surface area contributed by atoms with Crippen molar-refractivity contribution in [3.63, 3.8) is 0 Å². The molecule has 0 saturated heterocycles. The molecule has 1 aromatic rings. The third-order valence-corrected chi connectivity index (χ3v) is 4.44. The van der Waals surface area contributed by atoms with E-state index in [4.69, 9.17) is 0 Å². The fraction of sp³-hybridized carbons (Fsp3) is 0.588. The van der Waals surface area contributed by atoms with Gasteiger partial charge in [-0.25, -0.2) is 0 Å². The Kier molecular flexibility index (Phi) is 4.81. The lowest BCUT2D eigenvalue weighted by molar-refractivity contribution is -0.122. The van der Waals surface area contributed by atoms with Gasteiger partial charge in [0.1, 0.15) is 0 Å². The average molecular weight is 275 g/mol. The van der Waals surface area contributed by atoms with Crippen LogP contribution in [-0.4, -0.2) is 23.2 Å². The van der Waals surface area contributed by atoms with E-state index in [-0.39, 0.29) is 18.1 Å². The second kappa shape index (κ2) is 6.40. The van der Waals surface area contributed by atoms with Crippen LogP contribution < -0.4 is 5.32 Å². The zero-order chi connectivity index (χ0) is 14.7. The molecular formula is C17H25NO2. The molecule has 0 radical (unpaired) electrons. The number of aliphatic hydroxyl groups is 1. The molecule has 1 amide bonds. The Morgan fingerprint density at radius 1 is 1.35 bits per heavy atom. The number of nitrogens with one attached hydrogen (secondary N) is 1. The van der Waals surface area contributed by atoms with Crippen LogP contribution in [0.2, 0.25) is 0 Å². The summed E-state index contributed by atoms with van der Waals surface area (Å²) in [6.07, 6.45) is 2.85. The summed E-state index contributed by atoms with van der Waals surface area (Å²) in [4.78, 5) is 12.1. The maximum absolute atomic E-state index is 12.1. The van der Waals surface area contributed by atoms with E-state index >= 15 is 0 Å². The van der Waals surface area contributed by atoms with E-state index in [1.807, 2.05) is 6.07 Å². The quantitative estimate of drug-likeness (QED) is 0.867. The molecule has 1 fully saturated rings. The predicted molar refractivity (Wildman–Crippen MR) is 80.6 cm³/mol. The lowest BCUT2D eigenvalue weighted by atomic mass is 9.76. The van der Waals surface area contributed by atoms with Crippen molar-refractivity contribution in [1.29, 1.82) is 0 Å². The largest absolute Gasteiger partial charge is 0.393 e. The molecule has 0 unspecified atom stereocenters. The van der Waals surface area contributed by atoms with E-state index in [9.17, 15) is 9.90 Å². The standard InChI is InChI=1S/C17H25NO2/c1-4-16(14-9-15(19)10-14)18-17(20)8-13-6-5-11(2)12(3)7-13/h5-7,14-16,19H,4,8-10H2,1-3H3,(H,18,20)/t14?,15?,16-/m0/s1. The Bertz CT molecular complexity index is 478. The van der Waals surface area contributed by atoms with Crippen molar-refractivity contribution in [2.45, 2.75) is 58.6 Å². The Morgan fingerprint density at radius 2 is 2.05 bits per heavy atom. The summed E-state index contributed by atoms with van der Waals surface area (Å²) in [7, 11) is 0. The van der Waals surface area contributed by atoms with Crippen LogP contribution in [0, 0.1) is 19.8 Å². The van der Waals surface area contributed by atoms with Crippen LogP contribution in [-0.2, 0) is 11.2 Å².